The van der Waals surface area contributed by atoms with Crippen molar-refractivity contribution in [2.45, 2.75) is 13.1 Å². The lowest BCUT2D eigenvalue weighted by Gasteiger charge is -2.13. The Morgan fingerprint density at radius 1 is 1.37 bits per heavy atom. The van der Waals surface area contributed by atoms with Crippen LogP contribution < -0.4 is 15.2 Å². The van der Waals surface area contributed by atoms with Crippen LogP contribution in [-0.4, -0.2) is 21.1 Å². The number of nitrogen functional groups attached to an aromatic ring is 1. The van der Waals surface area contributed by atoms with E-state index < -0.39 is 22.9 Å². The van der Waals surface area contributed by atoms with Gasteiger partial charge >= 0.3 is 6.18 Å². The summed E-state index contributed by atoms with van der Waals surface area (Å²) in [6.07, 6.45) is -4.64. The van der Waals surface area contributed by atoms with E-state index in [1.807, 2.05) is 4.72 Å². The highest BCUT2D eigenvalue weighted by Crippen LogP contribution is 2.27. The van der Waals surface area contributed by atoms with Crippen molar-refractivity contribution in [2.24, 2.45) is 0 Å². The molecule has 0 radical (unpaired) electrons. The molecule has 0 fully saturated rings. The molecule has 0 spiro atoms. The molecule has 0 heterocycles. The lowest BCUT2D eigenvalue weighted by Crippen LogP contribution is -2.37. The van der Waals surface area contributed by atoms with Gasteiger partial charge in [-0.1, -0.05) is 11.6 Å². The van der Waals surface area contributed by atoms with Gasteiger partial charge < -0.3 is 5.73 Å². The quantitative estimate of drug-likeness (QED) is 0.743. The van der Waals surface area contributed by atoms with Crippen LogP contribution in [0.4, 0.5) is 24.5 Å². The van der Waals surface area contributed by atoms with Crippen molar-refractivity contribution < 1.29 is 21.6 Å². The molecule has 0 bridgehead atoms. The van der Waals surface area contributed by atoms with E-state index in [1.165, 1.54) is 23.8 Å². The minimum atomic E-state index is -4.64. The molecule has 0 aliphatic heterocycles. The van der Waals surface area contributed by atoms with Crippen LogP contribution in [0.2, 0.25) is 5.02 Å². The fraction of sp³-hybridized carbons (Fsp3) is 0.333. The second kappa shape index (κ2) is 5.43. The summed E-state index contributed by atoms with van der Waals surface area (Å²) in [4.78, 5) is 0. The van der Waals surface area contributed by atoms with Crippen LogP contribution in [0.25, 0.3) is 0 Å². The Hall–Kier alpha value is -1.19. The molecule has 5 nitrogen and oxygen atoms in total. The SMILES string of the molecule is Cc1cc(N)c(Cl)cc1NS(=O)(=O)NCC(F)(F)F. The molecular weight excluding hydrogens is 307 g/mol. The van der Waals surface area contributed by atoms with E-state index in [0.29, 0.717) is 5.56 Å². The maximum Gasteiger partial charge on any atom is 0.402 e. The monoisotopic (exact) mass is 317 g/mol. The lowest BCUT2D eigenvalue weighted by molar-refractivity contribution is -0.121. The van der Waals surface area contributed by atoms with Gasteiger partial charge in [-0.3, -0.25) is 4.72 Å². The molecule has 108 valence electrons. The molecule has 19 heavy (non-hydrogen) atoms. The van der Waals surface area contributed by atoms with Crippen molar-refractivity contribution in [3.05, 3.63) is 22.7 Å². The molecule has 0 aliphatic carbocycles. The smallest absolute Gasteiger partial charge is 0.398 e. The van der Waals surface area contributed by atoms with E-state index in [0.717, 1.165) is 0 Å². The molecule has 0 saturated heterocycles. The van der Waals surface area contributed by atoms with Gasteiger partial charge in [0.05, 0.1) is 16.4 Å². The third-order valence-electron chi connectivity index (χ3n) is 2.05. The summed E-state index contributed by atoms with van der Waals surface area (Å²) in [7, 11) is -4.34. The van der Waals surface area contributed by atoms with E-state index in [1.54, 1.807) is 0 Å². The van der Waals surface area contributed by atoms with Gasteiger partial charge in [-0.25, -0.2) is 0 Å². The predicted octanol–water partition coefficient (Wildman–Crippen LogP) is 2.04. The van der Waals surface area contributed by atoms with Gasteiger partial charge in [0.2, 0.25) is 0 Å². The lowest BCUT2D eigenvalue weighted by atomic mass is 10.2. The molecular formula is C9H11ClF3N3O2S. The van der Waals surface area contributed by atoms with Crippen molar-refractivity contribution >= 4 is 33.2 Å². The number of rotatable bonds is 4. The Bertz CT molecular complexity index is 575. The summed E-state index contributed by atoms with van der Waals surface area (Å²) in [5.41, 5.74) is 6.22. The standard InChI is InChI=1S/C9H11ClF3N3O2S/c1-5-2-7(14)6(10)3-8(5)16-19(17,18)15-4-9(11,12)13/h2-3,15-16H,4,14H2,1H3. The van der Waals surface area contributed by atoms with Crippen LogP contribution >= 0.6 is 11.6 Å². The largest absolute Gasteiger partial charge is 0.402 e. The van der Waals surface area contributed by atoms with Crippen molar-refractivity contribution in [1.82, 2.24) is 4.72 Å². The minimum absolute atomic E-state index is 0.0499. The highest BCUT2D eigenvalue weighted by Gasteiger charge is 2.29. The van der Waals surface area contributed by atoms with Gasteiger partial charge in [-0.2, -0.15) is 26.3 Å². The Labute approximate surface area is 113 Å². The van der Waals surface area contributed by atoms with Crippen molar-refractivity contribution in [3.63, 3.8) is 0 Å². The van der Waals surface area contributed by atoms with E-state index in [9.17, 15) is 21.6 Å². The number of nitrogens with two attached hydrogens (primary N) is 1. The average Bonchev–Trinajstić information content (AvgIpc) is 2.22. The van der Waals surface area contributed by atoms with E-state index >= 15 is 0 Å². The molecule has 4 N–H and O–H groups in total. The number of benzene rings is 1. The Morgan fingerprint density at radius 2 is 1.95 bits per heavy atom. The summed E-state index contributed by atoms with van der Waals surface area (Å²) >= 11 is 5.70. The highest BCUT2D eigenvalue weighted by molar-refractivity contribution is 7.90. The topological polar surface area (TPSA) is 84.2 Å². The zero-order valence-electron chi connectivity index (χ0n) is 9.68. The molecule has 0 atom stereocenters. The molecule has 0 saturated carbocycles. The van der Waals surface area contributed by atoms with E-state index in [4.69, 9.17) is 17.3 Å². The molecule has 1 aromatic carbocycles. The van der Waals surface area contributed by atoms with Gasteiger partial charge in [0.25, 0.3) is 10.2 Å². The molecule has 0 unspecified atom stereocenters. The summed E-state index contributed by atoms with van der Waals surface area (Å²) in [6.45, 7) is -0.127. The van der Waals surface area contributed by atoms with Crippen LogP contribution in [0.3, 0.4) is 0 Å². The highest BCUT2D eigenvalue weighted by atomic mass is 35.5. The van der Waals surface area contributed by atoms with Crippen molar-refractivity contribution in [1.29, 1.82) is 0 Å². The Kier molecular flexibility index (Phi) is 4.54. The number of aryl methyl sites for hydroxylation is 1. The molecule has 10 heteroatoms. The minimum Gasteiger partial charge on any atom is -0.398 e. The fourth-order valence-electron chi connectivity index (χ4n) is 1.17. The Morgan fingerprint density at radius 3 is 2.47 bits per heavy atom. The summed E-state index contributed by atoms with van der Waals surface area (Å²) in [5, 5.41) is 0.0964. The van der Waals surface area contributed by atoms with Gasteiger partial charge in [-0.15, -0.1) is 0 Å². The van der Waals surface area contributed by atoms with Gasteiger partial charge in [0.15, 0.2) is 0 Å². The number of anilines is 2. The molecule has 0 amide bonds. The summed E-state index contributed by atoms with van der Waals surface area (Å²) in [6, 6.07) is 2.63. The third kappa shape index (κ3) is 5.13. The van der Waals surface area contributed by atoms with E-state index in [-0.39, 0.29) is 16.4 Å². The summed E-state index contributed by atoms with van der Waals surface area (Å²) in [5.74, 6) is 0. The van der Waals surface area contributed by atoms with Crippen LogP contribution in [0.5, 0.6) is 0 Å². The first-order valence-electron chi connectivity index (χ1n) is 4.90. The van der Waals surface area contributed by atoms with Crippen LogP contribution in [0, 0.1) is 6.92 Å². The third-order valence-corrected chi connectivity index (χ3v) is 3.39. The van der Waals surface area contributed by atoms with E-state index in [2.05, 4.69) is 0 Å². The summed E-state index contributed by atoms with van der Waals surface area (Å²) < 4.78 is 61.9. The van der Waals surface area contributed by atoms with Gasteiger partial charge in [0.1, 0.15) is 6.54 Å². The number of halogens is 4. The molecule has 0 aromatic heterocycles. The normalized spacial score (nSPS) is 12.5. The second-order valence-electron chi connectivity index (χ2n) is 3.73. The molecule has 0 aliphatic rings. The van der Waals surface area contributed by atoms with Crippen LogP contribution in [0.1, 0.15) is 5.56 Å². The predicted molar refractivity (Wildman–Crippen MR) is 67.2 cm³/mol. The number of hydrogen-bond acceptors (Lipinski definition) is 3. The fourth-order valence-corrected chi connectivity index (χ4v) is 2.27. The number of nitrogens with one attached hydrogen (secondary N) is 2. The Balaban J connectivity index is 2.87. The first-order valence-corrected chi connectivity index (χ1v) is 6.76. The molecule has 1 aromatic rings. The maximum absolute atomic E-state index is 11.9. The molecule has 1 rings (SSSR count). The zero-order valence-corrected chi connectivity index (χ0v) is 11.2. The van der Waals surface area contributed by atoms with Crippen LogP contribution in [0.15, 0.2) is 12.1 Å². The van der Waals surface area contributed by atoms with Crippen molar-refractivity contribution in [2.75, 3.05) is 17.0 Å². The zero-order chi connectivity index (χ0) is 14.8. The first kappa shape index (κ1) is 15.9. The first-order chi connectivity index (χ1) is 8.50. The number of hydrogen-bond donors (Lipinski definition) is 3. The second-order valence-corrected chi connectivity index (χ2v) is 5.64. The number of alkyl halides is 3. The van der Waals surface area contributed by atoms with Gasteiger partial charge in [0, 0.05) is 0 Å². The van der Waals surface area contributed by atoms with Crippen LogP contribution in [-0.2, 0) is 10.2 Å². The van der Waals surface area contributed by atoms with Gasteiger partial charge in [-0.05, 0) is 24.6 Å². The van der Waals surface area contributed by atoms with Crippen molar-refractivity contribution in [3.8, 4) is 0 Å². The maximum atomic E-state index is 11.9. The average molecular weight is 318 g/mol.